The van der Waals surface area contributed by atoms with Gasteiger partial charge in [-0.1, -0.05) is 38.2 Å². The van der Waals surface area contributed by atoms with Crippen LogP contribution in [0.15, 0.2) is 24.3 Å². The first-order valence-electron chi connectivity index (χ1n) is 10.1. The molecule has 1 N–H and O–H groups in total. The molecule has 1 aliphatic rings. The van der Waals surface area contributed by atoms with Crippen molar-refractivity contribution in [2.45, 2.75) is 57.9 Å². The molecule has 1 aromatic rings. The van der Waals surface area contributed by atoms with Gasteiger partial charge in [0.25, 0.3) is 5.91 Å². The molecular formula is C22H31NO5. The number of nitrogens with one attached hydrogen (secondary N) is 1. The minimum atomic E-state index is -0.555. The summed E-state index contributed by atoms with van der Waals surface area (Å²) >= 11 is 0. The SMILES string of the molecule is CCOc1ccc(/C=C/C(=O)OCC(=O)NC2CCCCCCC2)cc1OC. The van der Waals surface area contributed by atoms with E-state index in [1.165, 1.54) is 25.3 Å². The van der Waals surface area contributed by atoms with Crippen molar-refractivity contribution in [2.75, 3.05) is 20.3 Å². The number of hydrogen-bond donors (Lipinski definition) is 1. The maximum absolute atomic E-state index is 12.0. The van der Waals surface area contributed by atoms with Crippen LogP contribution in [0.3, 0.4) is 0 Å². The zero-order valence-electron chi connectivity index (χ0n) is 16.9. The molecule has 0 saturated heterocycles. The minimum Gasteiger partial charge on any atom is -0.493 e. The van der Waals surface area contributed by atoms with Crippen LogP contribution in [0.25, 0.3) is 6.08 Å². The van der Waals surface area contributed by atoms with Crippen molar-refractivity contribution in [2.24, 2.45) is 0 Å². The van der Waals surface area contributed by atoms with Crippen LogP contribution in [0.2, 0.25) is 0 Å². The van der Waals surface area contributed by atoms with E-state index in [1.807, 2.05) is 13.0 Å². The topological polar surface area (TPSA) is 73.9 Å². The lowest BCUT2D eigenvalue weighted by Gasteiger charge is -2.20. The van der Waals surface area contributed by atoms with Crippen LogP contribution in [0.1, 0.15) is 57.4 Å². The molecule has 1 aliphatic carbocycles. The predicted octanol–water partition coefficient (Wildman–Crippen LogP) is 3.88. The van der Waals surface area contributed by atoms with E-state index in [9.17, 15) is 9.59 Å². The van der Waals surface area contributed by atoms with Crippen LogP contribution < -0.4 is 14.8 Å². The van der Waals surface area contributed by atoms with E-state index >= 15 is 0 Å². The van der Waals surface area contributed by atoms with E-state index in [1.54, 1.807) is 25.3 Å². The summed E-state index contributed by atoms with van der Waals surface area (Å²) in [7, 11) is 1.56. The van der Waals surface area contributed by atoms with Crippen LogP contribution in [0.4, 0.5) is 0 Å². The molecule has 0 bridgehead atoms. The Morgan fingerprint density at radius 2 is 1.82 bits per heavy atom. The molecule has 1 amide bonds. The maximum atomic E-state index is 12.0. The van der Waals surface area contributed by atoms with Crippen LogP contribution in [0, 0.1) is 0 Å². The lowest BCUT2D eigenvalue weighted by Crippen LogP contribution is -2.37. The monoisotopic (exact) mass is 389 g/mol. The number of carbonyl (C=O) groups excluding carboxylic acids is 2. The number of esters is 1. The number of benzene rings is 1. The molecule has 1 fully saturated rings. The largest absolute Gasteiger partial charge is 0.493 e. The molecular weight excluding hydrogens is 358 g/mol. The van der Waals surface area contributed by atoms with Crippen molar-refractivity contribution in [3.63, 3.8) is 0 Å². The number of amides is 1. The van der Waals surface area contributed by atoms with Gasteiger partial charge >= 0.3 is 5.97 Å². The highest BCUT2D eigenvalue weighted by molar-refractivity contribution is 5.89. The molecule has 6 heteroatoms. The molecule has 0 unspecified atom stereocenters. The Morgan fingerprint density at radius 1 is 1.11 bits per heavy atom. The molecule has 6 nitrogen and oxygen atoms in total. The highest BCUT2D eigenvalue weighted by atomic mass is 16.5. The van der Waals surface area contributed by atoms with Gasteiger partial charge in [0.15, 0.2) is 18.1 Å². The number of carbonyl (C=O) groups is 2. The van der Waals surface area contributed by atoms with Gasteiger partial charge in [-0.2, -0.15) is 0 Å². The third-order valence-electron chi connectivity index (χ3n) is 4.72. The lowest BCUT2D eigenvalue weighted by molar-refractivity contribution is -0.144. The summed E-state index contributed by atoms with van der Waals surface area (Å²) in [5.41, 5.74) is 0.774. The molecule has 2 rings (SSSR count). The zero-order chi connectivity index (χ0) is 20.2. The Hall–Kier alpha value is -2.50. The average Bonchev–Trinajstić information content (AvgIpc) is 2.67. The number of hydrogen-bond acceptors (Lipinski definition) is 5. The second-order valence-corrected chi connectivity index (χ2v) is 6.89. The summed E-state index contributed by atoms with van der Waals surface area (Å²) in [6, 6.07) is 5.57. The number of ether oxygens (including phenoxy) is 3. The molecule has 0 radical (unpaired) electrons. The highest BCUT2D eigenvalue weighted by Crippen LogP contribution is 2.28. The van der Waals surface area contributed by atoms with E-state index in [2.05, 4.69) is 5.32 Å². The Balaban J connectivity index is 1.78. The van der Waals surface area contributed by atoms with Crippen molar-refractivity contribution >= 4 is 18.0 Å². The highest BCUT2D eigenvalue weighted by Gasteiger charge is 2.14. The minimum absolute atomic E-state index is 0.193. The summed E-state index contributed by atoms with van der Waals surface area (Å²) in [4.78, 5) is 23.9. The van der Waals surface area contributed by atoms with E-state index < -0.39 is 5.97 Å². The summed E-state index contributed by atoms with van der Waals surface area (Å²) in [6.45, 7) is 2.18. The number of methoxy groups -OCH3 is 1. The number of rotatable bonds is 8. The van der Waals surface area contributed by atoms with Crippen LogP contribution in [-0.2, 0) is 14.3 Å². The van der Waals surface area contributed by atoms with Gasteiger partial charge in [-0.05, 0) is 43.5 Å². The fraction of sp³-hybridized carbons (Fsp3) is 0.545. The second-order valence-electron chi connectivity index (χ2n) is 6.89. The third-order valence-corrected chi connectivity index (χ3v) is 4.72. The van der Waals surface area contributed by atoms with Crippen LogP contribution in [-0.4, -0.2) is 38.2 Å². The first kappa shape index (κ1) is 21.8. The average molecular weight is 389 g/mol. The Labute approximate surface area is 167 Å². The maximum Gasteiger partial charge on any atom is 0.331 e. The van der Waals surface area contributed by atoms with Crippen LogP contribution in [0.5, 0.6) is 11.5 Å². The van der Waals surface area contributed by atoms with Crippen molar-refractivity contribution < 1.29 is 23.8 Å². The standard InChI is InChI=1S/C22H31NO5/c1-3-27-19-13-11-17(15-20(19)26-2)12-14-22(25)28-16-21(24)23-18-9-7-5-4-6-8-10-18/h11-15,18H,3-10,16H2,1-2H3,(H,23,24)/b14-12+. The molecule has 1 aromatic carbocycles. The van der Waals surface area contributed by atoms with Gasteiger partial charge in [0.2, 0.25) is 0 Å². The predicted molar refractivity (Wildman–Crippen MR) is 108 cm³/mol. The van der Waals surface area contributed by atoms with Gasteiger partial charge in [-0.3, -0.25) is 4.79 Å². The van der Waals surface area contributed by atoms with Gasteiger partial charge in [0, 0.05) is 12.1 Å². The molecule has 0 spiro atoms. The first-order chi connectivity index (χ1) is 13.6. The van der Waals surface area contributed by atoms with Gasteiger partial charge in [0.1, 0.15) is 0 Å². The zero-order valence-corrected chi connectivity index (χ0v) is 16.9. The molecule has 0 aliphatic heterocycles. The van der Waals surface area contributed by atoms with Gasteiger partial charge in [0.05, 0.1) is 13.7 Å². The normalized spacial score (nSPS) is 15.5. The Bertz CT molecular complexity index is 663. The van der Waals surface area contributed by atoms with Gasteiger partial charge in [-0.15, -0.1) is 0 Å². The van der Waals surface area contributed by atoms with Crippen molar-refractivity contribution in [3.05, 3.63) is 29.8 Å². The molecule has 0 heterocycles. The quantitative estimate of drug-likeness (QED) is 0.539. The van der Waals surface area contributed by atoms with E-state index in [-0.39, 0.29) is 18.6 Å². The molecule has 1 saturated carbocycles. The molecule has 0 atom stereocenters. The lowest BCUT2D eigenvalue weighted by atomic mass is 9.97. The second kappa shape index (κ2) is 12.1. The fourth-order valence-corrected chi connectivity index (χ4v) is 3.28. The Kier molecular flexibility index (Phi) is 9.39. The van der Waals surface area contributed by atoms with E-state index in [0.717, 1.165) is 31.2 Å². The molecule has 0 aromatic heterocycles. The summed E-state index contributed by atoms with van der Waals surface area (Å²) in [5, 5.41) is 2.98. The molecule has 154 valence electrons. The Morgan fingerprint density at radius 3 is 2.50 bits per heavy atom. The van der Waals surface area contributed by atoms with Crippen LogP contribution >= 0.6 is 0 Å². The fourth-order valence-electron chi connectivity index (χ4n) is 3.28. The van der Waals surface area contributed by atoms with Crippen molar-refractivity contribution in [1.82, 2.24) is 5.32 Å². The van der Waals surface area contributed by atoms with Crippen molar-refractivity contribution in [3.8, 4) is 11.5 Å². The smallest absolute Gasteiger partial charge is 0.331 e. The van der Waals surface area contributed by atoms with Crippen molar-refractivity contribution in [1.29, 1.82) is 0 Å². The van der Waals surface area contributed by atoms with Gasteiger partial charge in [-0.25, -0.2) is 4.79 Å². The van der Waals surface area contributed by atoms with E-state index in [0.29, 0.717) is 18.1 Å². The summed E-state index contributed by atoms with van der Waals surface area (Å²) < 4.78 is 15.8. The molecule has 28 heavy (non-hydrogen) atoms. The first-order valence-corrected chi connectivity index (χ1v) is 10.1. The van der Waals surface area contributed by atoms with E-state index in [4.69, 9.17) is 14.2 Å². The summed E-state index contributed by atoms with van der Waals surface area (Å²) in [5.74, 6) is 0.447. The summed E-state index contributed by atoms with van der Waals surface area (Å²) in [6.07, 6.45) is 10.9. The third kappa shape index (κ3) is 7.62. The van der Waals surface area contributed by atoms with Gasteiger partial charge < -0.3 is 19.5 Å².